The van der Waals surface area contributed by atoms with Gasteiger partial charge in [-0.25, -0.2) is 0 Å². The largest absolute Gasteiger partial charge is 0.463 e. The molecule has 0 N–H and O–H groups in total. The van der Waals surface area contributed by atoms with Crippen molar-refractivity contribution in [3.63, 3.8) is 0 Å². The Hall–Kier alpha value is -0.920. The van der Waals surface area contributed by atoms with Crippen LogP contribution in [0.1, 0.15) is 13.8 Å². The summed E-state index contributed by atoms with van der Waals surface area (Å²) < 4.78 is 61.9. The third kappa shape index (κ3) is 4.29. The average Bonchev–Trinajstić information content (AvgIpc) is 2.32. The average molecular weight is 310 g/mol. The summed E-state index contributed by atoms with van der Waals surface area (Å²) in [6.45, 7) is 1.63. The van der Waals surface area contributed by atoms with Crippen molar-refractivity contribution >= 4 is 23.3 Å². The van der Waals surface area contributed by atoms with Crippen LogP contribution in [0.5, 0.6) is 0 Å². The molecule has 0 radical (unpaired) electrons. The Labute approximate surface area is 111 Å². The van der Waals surface area contributed by atoms with Gasteiger partial charge < -0.3 is 4.90 Å². The van der Waals surface area contributed by atoms with Crippen molar-refractivity contribution in [3.05, 3.63) is 0 Å². The van der Waals surface area contributed by atoms with Crippen LogP contribution >= 0.6 is 11.6 Å². The van der Waals surface area contributed by atoms with E-state index in [-0.39, 0.29) is 6.54 Å². The van der Waals surface area contributed by atoms with Gasteiger partial charge in [-0.2, -0.15) is 22.0 Å². The van der Waals surface area contributed by atoms with Crippen molar-refractivity contribution in [2.24, 2.45) is 5.92 Å². The molecular weight excluding hydrogens is 297 g/mol. The predicted octanol–water partition coefficient (Wildman–Crippen LogP) is 2.48. The Kier molecular flexibility index (Phi) is 6.18. The molecule has 0 spiro atoms. The van der Waals surface area contributed by atoms with Gasteiger partial charge in [0, 0.05) is 19.0 Å². The normalized spacial score (nSPS) is 14.1. The van der Waals surface area contributed by atoms with Crippen LogP contribution in [0.15, 0.2) is 0 Å². The van der Waals surface area contributed by atoms with Gasteiger partial charge in [0.25, 0.3) is 0 Å². The van der Waals surface area contributed by atoms with Crippen LogP contribution in [-0.2, 0) is 9.59 Å². The van der Waals surface area contributed by atoms with E-state index in [0.717, 1.165) is 0 Å². The van der Waals surface area contributed by atoms with Crippen molar-refractivity contribution in [1.82, 2.24) is 4.90 Å². The van der Waals surface area contributed by atoms with E-state index in [1.807, 2.05) is 0 Å². The molecule has 0 heterocycles. The topological polar surface area (TPSA) is 37.4 Å². The number of rotatable bonds is 6. The molecule has 0 aromatic carbocycles. The molecule has 1 amide bonds. The molecule has 1 atom stereocenters. The Morgan fingerprint density at radius 3 is 2.00 bits per heavy atom. The van der Waals surface area contributed by atoms with E-state index in [0.29, 0.717) is 4.90 Å². The molecule has 0 aromatic heterocycles. The molecule has 112 valence electrons. The van der Waals surface area contributed by atoms with Crippen molar-refractivity contribution in [2.75, 3.05) is 19.0 Å². The molecule has 19 heavy (non-hydrogen) atoms. The number of amides is 1. The maximum atomic E-state index is 12.9. The van der Waals surface area contributed by atoms with Crippen LogP contribution in [-0.4, -0.2) is 47.7 Å². The number of nitrogens with zero attached hydrogens (tertiary/aromatic N) is 1. The highest BCUT2D eigenvalue weighted by atomic mass is 35.5. The highest BCUT2D eigenvalue weighted by Crippen LogP contribution is 2.37. The first kappa shape index (κ1) is 18.1. The molecule has 0 rings (SSSR count). The number of ketones is 1. The summed E-state index contributed by atoms with van der Waals surface area (Å²) >= 11 is 5.23. The molecule has 0 saturated carbocycles. The quantitative estimate of drug-likeness (QED) is 0.558. The lowest BCUT2D eigenvalue weighted by atomic mass is 10.1. The number of hydrogen-bond donors (Lipinski definition) is 0. The number of carbonyl (C=O) groups is 2. The van der Waals surface area contributed by atoms with Gasteiger partial charge in [0.15, 0.2) is 5.78 Å². The number of halogens is 6. The molecule has 0 aliphatic carbocycles. The molecule has 0 aliphatic rings. The lowest BCUT2D eigenvalue weighted by Gasteiger charge is -2.28. The van der Waals surface area contributed by atoms with E-state index in [1.54, 1.807) is 0 Å². The van der Waals surface area contributed by atoms with Gasteiger partial charge in [-0.05, 0) is 6.92 Å². The SMILES string of the molecule is CCN(CC(C)C(=O)CCl)C(=O)C(F)(F)C(F)(F)F. The highest BCUT2D eigenvalue weighted by molar-refractivity contribution is 6.27. The van der Waals surface area contributed by atoms with E-state index in [2.05, 4.69) is 0 Å². The minimum Gasteiger partial charge on any atom is -0.337 e. The van der Waals surface area contributed by atoms with Crippen molar-refractivity contribution in [1.29, 1.82) is 0 Å². The van der Waals surface area contributed by atoms with Crippen LogP contribution in [0, 0.1) is 5.92 Å². The zero-order valence-electron chi connectivity index (χ0n) is 10.2. The second kappa shape index (κ2) is 6.49. The second-order valence-corrected chi connectivity index (χ2v) is 4.18. The summed E-state index contributed by atoms with van der Waals surface area (Å²) in [7, 11) is 0. The number of Topliss-reactive ketones (excluding diaryl/α,β-unsaturated/α-hetero) is 1. The van der Waals surface area contributed by atoms with Crippen LogP contribution in [0.3, 0.4) is 0 Å². The highest BCUT2D eigenvalue weighted by Gasteiger charge is 2.64. The fraction of sp³-hybridized carbons (Fsp3) is 0.800. The van der Waals surface area contributed by atoms with Gasteiger partial charge in [0.1, 0.15) is 0 Å². The Bertz CT molecular complexity index is 345. The third-order valence-corrected chi connectivity index (χ3v) is 2.73. The van der Waals surface area contributed by atoms with Crippen LogP contribution in [0.25, 0.3) is 0 Å². The summed E-state index contributed by atoms with van der Waals surface area (Å²) in [5.41, 5.74) is 0. The summed E-state index contributed by atoms with van der Waals surface area (Å²) in [5, 5.41) is 0. The minimum atomic E-state index is -5.96. The minimum absolute atomic E-state index is 0.294. The molecule has 0 aromatic rings. The van der Waals surface area contributed by atoms with E-state index in [9.17, 15) is 31.5 Å². The zero-order valence-corrected chi connectivity index (χ0v) is 11.0. The molecule has 0 saturated heterocycles. The summed E-state index contributed by atoms with van der Waals surface area (Å²) in [4.78, 5) is 22.6. The number of carbonyl (C=O) groups excluding carboxylic acids is 2. The first-order valence-electron chi connectivity index (χ1n) is 5.31. The summed E-state index contributed by atoms with van der Waals surface area (Å²) in [5.74, 6) is -9.68. The maximum absolute atomic E-state index is 12.9. The Morgan fingerprint density at radius 2 is 1.68 bits per heavy atom. The first-order chi connectivity index (χ1) is 8.48. The molecule has 9 heteroatoms. The number of hydrogen-bond acceptors (Lipinski definition) is 2. The molecule has 0 bridgehead atoms. The molecule has 0 aliphatic heterocycles. The van der Waals surface area contributed by atoms with Crippen LogP contribution < -0.4 is 0 Å². The maximum Gasteiger partial charge on any atom is 0.463 e. The van der Waals surface area contributed by atoms with E-state index < -0.39 is 42.1 Å². The second-order valence-electron chi connectivity index (χ2n) is 3.92. The smallest absolute Gasteiger partial charge is 0.337 e. The monoisotopic (exact) mass is 309 g/mol. The number of alkyl halides is 6. The fourth-order valence-electron chi connectivity index (χ4n) is 1.24. The summed E-state index contributed by atoms with van der Waals surface area (Å²) in [6, 6.07) is 0. The van der Waals surface area contributed by atoms with Gasteiger partial charge in [-0.1, -0.05) is 6.92 Å². The first-order valence-corrected chi connectivity index (χ1v) is 5.85. The van der Waals surface area contributed by atoms with Crippen molar-refractivity contribution in [2.45, 2.75) is 25.9 Å². The van der Waals surface area contributed by atoms with E-state index in [4.69, 9.17) is 11.6 Å². The molecule has 3 nitrogen and oxygen atoms in total. The van der Waals surface area contributed by atoms with Gasteiger partial charge in [-0.15, -0.1) is 11.6 Å². The van der Waals surface area contributed by atoms with Crippen molar-refractivity contribution in [3.8, 4) is 0 Å². The molecule has 0 fully saturated rings. The lowest BCUT2D eigenvalue weighted by Crippen LogP contribution is -2.53. The van der Waals surface area contributed by atoms with Gasteiger partial charge in [0.05, 0.1) is 5.88 Å². The van der Waals surface area contributed by atoms with Gasteiger partial charge >= 0.3 is 18.0 Å². The van der Waals surface area contributed by atoms with E-state index in [1.165, 1.54) is 13.8 Å². The Balaban J connectivity index is 4.98. The molecular formula is C10H13ClF5NO2. The fourth-order valence-corrected chi connectivity index (χ4v) is 1.50. The lowest BCUT2D eigenvalue weighted by molar-refractivity contribution is -0.274. The van der Waals surface area contributed by atoms with Crippen LogP contribution in [0.2, 0.25) is 0 Å². The zero-order chi connectivity index (χ0) is 15.4. The molecule has 1 unspecified atom stereocenters. The standard InChI is InChI=1S/C10H13ClF5NO2/c1-3-17(5-6(2)7(18)4-11)8(19)9(12,13)10(14,15)16/h6H,3-5H2,1-2H3. The van der Waals surface area contributed by atoms with Crippen LogP contribution in [0.4, 0.5) is 22.0 Å². The van der Waals surface area contributed by atoms with Crippen molar-refractivity contribution < 1.29 is 31.5 Å². The Morgan fingerprint density at radius 1 is 1.21 bits per heavy atom. The third-order valence-electron chi connectivity index (χ3n) is 2.47. The van der Waals surface area contributed by atoms with E-state index >= 15 is 0 Å². The summed E-state index contributed by atoms with van der Waals surface area (Å²) in [6.07, 6.45) is -5.96. The predicted molar refractivity (Wildman–Crippen MR) is 58.1 cm³/mol. The van der Waals surface area contributed by atoms with Gasteiger partial charge in [0.2, 0.25) is 0 Å². The van der Waals surface area contributed by atoms with Gasteiger partial charge in [-0.3, -0.25) is 9.59 Å².